The van der Waals surface area contributed by atoms with Crippen molar-refractivity contribution in [2.24, 2.45) is 14.1 Å². The predicted octanol–water partition coefficient (Wildman–Crippen LogP) is 1.73. The van der Waals surface area contributed by atoms with Crippen molar-refractivity contribution in [3.8, 4) is 11.6 Å². The van der Waals surface area contributed by atoms with E-state index >= 15 is 0 Å². The van der Waals surface area contributed by atoms with Gasteiger partial charge in [0.15, 0.2) is 5.78 Å². The average molecular weight is 309 g/mol. The van der Waals surface area contributed by atoms with Gasteiger partial charge in [-0.25, -0.2) is 4.79 Å². The third kappa shape index (κ3) is 2.90. The van der Waals surface area contributed by atoms with E-state index in [-0.39, 0.29) is 17.4 Å². The van der Waals surface area contributed by atoms with Gasteiger partial charge in [0.1, 0.15) is 5.75 Å². The smallest absolute Gasteiger partial charge is 0.333 e. The molecule has 0 saturated heterocycles. The van der Waals surface area contributed by atoms with Crippen LogP contribution in [-0.2, 0) is 14.1 Å². The zero-order chi connectivity index (χ0) is 15.7. The van der Waals surface area contributed by atoms with E-state index in [4.69, 9.17) is 16.3 Å². The lowest BCUT2D eigenvalue weighted by Gasteiger charge is -2.13. The van der Waals surface area contributed by atoms with E-state index < -0.39 is 11.2 Å². The van der Waals surface area contributed by atoms with Crippen molar-refractivity contribution in [2.75, 3.05) is 0 Å². The molecule has 0 bridgehead atoms. The minimum Gasteiger partial charge on any atom is -0.440 e. The van der Waals surface area contributed by atoms with Crippen LogP contribution < -0.4 is 16.0 Å². The van der Waals surface area contributed by atoms with Crippen molar-refractivity contribution >= 4 is 17.4 Å². The molecule has 7 heteroatoms. The molecular formula is C14H13ClN2O4. The summed E-state index contributed by atoms with van der Waals surface area (Å²) in [7, 11) is 2.84. The first kappa shape index (κ1) is 15.1. The normalized spacial score (nSPS) is 10.5. The van der Waals surface area contributed by atoms with E-state index in [9.17, 15) is 14.4 Å². The first-order valence-corrected chi connectivity index (χ1v) is 6.44. The van der Waals surface area contributed by atoms with Crippen LogP contribution in [0.3, 0.4) is 0 Å². The molecule has 2 aromatic rings. The number of aromatic nitrogens is 2. The lowest BCUT2D eigenvalue weighted by atomic mass is 10.1. The Labute approximate surface area is 125 Å². The number of ether oxygens (including phenoxy) is 1. The fourth-order valence-corrected chi connectivity index (χ4v) is 1.96. The van der Waals surface area contributed by atoms with Gasteiger partial charge in [-0.15, -0.1) is 0 Å². The second kappa shape index (κ2) is 5.57. The molecule has 1 aromatic carbocycles. The molecule has 110 valence electrons. The highest BCUT2D eigenvalue weighted by Gasteiger charge is 2.13. The molecule has 0 aliphatic carbocycles. The van der Waals surface area contributed by atoms with Crippen LogP contribution in [0.15, 0.2) is 33.9 Å². The number of Topliss-reactive ketones (excluding diaryl/α,β-unsaturated/α-hetero) is 1. The number of hydrogen-bond acceptors (Lipinski definition) is 4. The Morgan fingerprint density at radius 1 is 1.14 bits per heavy atom. The van der Waals surface area contributed by atoms with Gasteiger partial charge >= 0.3 is 5.69 Å². The minimum absolute atomic E-state index is 0.0351. The Morgan fingerprint density at radius 3 is 2.43 bits per heavy atom. The third-order valence-corrected chi connectivity index (χ3v) is 3.25. The van der Waals surface area contributed by atoms with E-state index in [0.29, 0.717) is 10.6 Å². The Balaban J connectivity index is 2.58. The van der Waals surface area contributed by atoms with Crippen LogP contribution in [0.5, 0.6) is 11.6 Å². The van der Waals surface area contributed by atoms with Crippen LogP contribution in [0.1, 0.15) is 17.3 Å². The molecular weight excluding hydrogens is 296 g/mol. The second-order valence-corrected chi connectivity index (χ2v) is 4.96. The van der Waals surface area contributed by atoms with Gasteiger partial charge in [0, 0.05) is 25.2 Å². The van der Waals surface area contributed by atoms with Crippen molar-refractivity contribution in [1.82, 2.24) is 9.13 Å². The molecule has 1 heterocycles. The van der Waals surface area contributed by atoms with Crippen molar-refractivity contribution in [3.63, 3.8) is 0 Å². The van der Waals surface area contributed by atoms with Crippen molar-refractivity contribution in [1.29, 1.82) is 0 Å². The molecule has 0 atom stereocenters. The van der Waals surface area contributed by atoms with Gasteiger partial charge in [0.2, 0.25) is 5.88 Å². The summed E-state index contributed by atoms with van der Waals surface area (Å²) in [6, 6.07) is 5.72. The molecule has 1 aromatic heterocycles. The molecule has 0 radical (unpaired) electrons. The molecule has 0 N–H and O–H groups in total. The number of ketones is 1. The monoisotopic (exact) mass is 308 g/mol. The summed E-state index contributed by atoms with van der Waals surface area (Å²) in [5, 5.41) is 0.379. The van der Waals surface area contributed by atoms with Gasteiger partial charge in [-0.2, -0.15) is 0 Å². The van der Waals surface area contributed by atoms with Gasteiger partial charge in [0.25, 0.3) is 5.56 Å². The Hall–Kier alpha value is -2.34. The second-order valence-electron chi connectivity index (χ2n) is 4.52. The summed E-state index contributed by atoms with van der Waals surface area (Å²) >= 11 is 5.89. The first-order chi connectivity index (χ1) is 9.81. The van der Waals surface area contributed by atoms with Crippen LogP contribution in [0, 0.1) is 0 Å². The molecule has 0 spiro atoms. The topological polar surface area (TPSA) is 70.3 Å². The molecule has 0 amide bonds. The third-order valence-electron chi connectivity index (χ3n) is 3.02. The van der Waals surface area contributed by atoms with E-state index in [1.54, 1.807) is 6.07 Å². The average Bonchev–Trinajstić information content (AvgIpc) is 2.42. The number of rotatable bonds is 3. The lowest BCUT2D eigenvalue weighted by Crippen LogP contribution is -2.36. The standard InChI is InChI=1S/C14H13ClN2O4/c1-8(18)10-5-4-9(15)6-11(10)21-13-7-12(19)16(2)14(20)17(13)3/h4-7H,1-3H3. The Morgan fingerprint density at radius 2 is 1.81 bits per heavy atom. The van der Waals surface area contributed by atoms with E-state index in [1.165, 1.54) is 43.8 Å². The van der Waals surface area contributed by atoms with Gasteiger partial charge in [-0.1, -0.05) is 11.6 Å². The molecule has 0 unspecified atom stereocenters. The van der Waals surface area contributed by atoms with Crippen LogP contribution in [0.4, 0.5) is 0 Å². The van der Waals surface area contributed by atoms with Gasteiger partial charge in [0.05, 0.1) is 11.6 Å². The van der Waals surface area contributed by atoms with Crippen LogP contribution in [0.25, 0.3) is 0 Å². The Kier molecular flexibility index (Phi) is 3.99. The molecule has 0 fully saturated rings. The van der Waals surface area contributed by atoms with E-state index in [1.807, 2.05) is 0 Å². The van der Waals surface area contributed by atoms with Crippen molar-refractivity contribution in [3.05, 3.63) is 55.7 Å². The van der Waals surface area contributed by atoms with Crippen LogP contribution >= 0.6 is 11.6 Å². The summed E-state index contributed by atoms with van der Waals surface area (Å²) in [5.74, 6) is 0.0154. The number of carbonyl (C=O) groups is 1. The fraction of sp³-hybridized carbons (Fsp3) is 0.214. The summed E-state index contributed by atoms with van der Waals surface area (Å²) in [6.07, 6.45) is 0. The van der Waals surface area contributed by atoms with E-state index in [2.05, 4.69) is 0 Å². The number of benzene rings is 1. The zero-order valence-electron chi connectivity index (χ0n) is 11.7. The fourth-order valence-electron chi connectivity index (χ4n) is 1.79. The maximum absolute atomic E-state index is 11.8. The molecule has 21 heavy (non-hydrogen) atoms. The number of carbonyl (C=O) groups excluding carboxylic acids is 1. The largest absolute Gasteiger partial charge is 0.440 e. The summed E-state index contributed by atoms with van der Waals surface area (Å²) in [6.45, 7) is 1.39. The predicted molar refractivity (Wildman–Crippen MR) is 78.5 cm³/mol. The van der Waals surface area contributed by atoms with Gasteiger partial charge in [-0.05, 0) is 19.1 Å². The molecule has 0 aliphatic rings. The SMILES string of the molecule is CC(=O)c1ccc(Cl)cc1Oc1cc(=O)n(C)c(=O)n1C. The van der Waals surface area contributed by atoms with E-state index in [0.717, 1.165) is 4.57 Å². The van der Waals surface area contributed by atoms with Gasteiger partial charge in [-0.3, -0.25) is 18.7 Å². The summed E-state index contributed by atoms with van der Waals surface area (Å²) in [5.41, 5.74) is -0.712. The van der Waals surface area contributed by atoms with Crippen LogP contribution in [-0.4, -0.2) is 14.9 Å². The van der Waals surface area contributed by atoms with Crippen molar-refractivity contribution < 1.29 is 9.53 Å². The molecule has 0 aliphatic heterocycles. The molecule has 0 saturated carbocycles. The maximum Gasteiger partial charge on any atom is 0.333 e. The minimum atomic E-state index is -0.524. The van der Waals surface area contributed by atoms with Gasteiger partial charge < -0.3 is 4.74 Å². The highest BCUT2D eigenvalue weighted by molar-refractivity contribution is 6.30. The molecule has 2 rings (SSSR count). The quantitative estimate of drug-likeness (QED) is 0.810. The van der Waals surface area contributed by atoms with Crippen LogP contribution in [0.2, 0.25) is 5.02 Å². The highest BCUT2D eigenvalue weighted by Crippen LogP contribution is 2.27. The lowest BCUT2D eigenvalue weighted by molar-refractivity contribution is 0.101. The number of nitrogens with zero attached hydrogens (tertiary/aromatic N) is 2. The summed E-state index contributed by atoms with van der Waals surface area (Å²) < 4.78 is 7.67. The molecule has 6 nitrogen and oxygen atoms in total. The zero-order valence-corrected chi connectivity index (χ0v) is 12.5. The number of halogens is 1. The Bertz CT molecular complexity index is 836. The maximum atomic E-state index is 11.8. The number of hydrogen-bond donors (Lipinski definition) is 0. The summed E-state index contributed by atoms with van der Waals surface area (Å²) in [4.78, 5) is 35.1. The van der Waals surface area contributed by atoms with Crippen molar-refractivity contribution in [2.45, 2.75) is 6.92 Å². The first-order valence-electron chi connectivity index (χ1n) is 6.06. The highest BCUT2D eigenvalue weighted by atomic mass is 35.5.